The zero-order valence-electron chi connectivity index (χ0n) is 15.3. The van der Waals surface area contributed by atoms with E-state index in [-0.39, 0.29) is 17.3 Å². The molecule has 3 rings (SSSR count). The van der Waals surface area contributed by atoms with Crippen molar-refractivity contribution in [2.45, 2.75) is 31.8 Å². The van der Waals surface area contributed by atoms with Crippen LogP contribution in [0.5, 0.6) is 0 Å². The summed E-state index contributed by atoms with van der Waals surface area (Å²) < 4.78 is 0. The van der Waals surface area contributed by atoms with Crippen molar-refractivity contribution in [1.29, 1.82) is 0 Å². The molecule has 2 aromatic carbocycles. The standard InChI is InChI=1S/C20H21N3O5/c1-12(20(25)26)18(13-5-3-2-4-6-13)22-19(24)14-7-10-16(21-15-8-9-15)17(11-14)23(27)28/h2-7,10-12,15,18,21H,8-9H2,1H3,(H,22,24)(H,25,26). The Balaban J connectivity index is 1.86. The van der Waals surface area contributed by atoms with Crippen molar-refractivity contribution in [2.24, 2.45) is 5.92 Å². The van der Waals surface area contributed by atoms with Crippen molar-refractivity contribution in [1.82, 2.24) is 5.32 Å². The van der Waals surface area contributed by atoms with E-state index in [1.807, 2.05) is 0 Å². The molecule has 8 heteroatoms. The van der Waals surface area contributed by atoms with Gasteiger partial charge in [-0.15, -0.1) is 0 Å². The maximum Gasteiger partial charge on any atom is 0.308 e. The molecule has 1 saturated carbocycles. The number of amides is 1. The third-order valence-corrected chi connectivity index (χ3v) is 4.73. The Morgan fingerprint density at radius 3 is 2.43 bits per heavy atom. The van der Waals surface area contributed by atoms with Crippen molar-refractivity contribution in [3.05, 3.63) is 69.8 Å². The lowest BCUT2D eigenvalue weighted by Crippen LogP contribution is -2.35. The van der Waals surface area contributed by atoms with Crippen LogP contribution in [0.2, 0.25) is 0 Å². The Morgan fingerprint density at radius 2 is 1.86 bits per heavy atom. The fraction of sp³-hybridized carbons (Fsp3) is 0.300. The van der Waals surface area contributed by atoms with E-state index in [9.17, 15) is 24.8 Å². The number of rotatable bonds is 8. The first-order chi connectivity index (χ1) is 13.4. The van der Waals surface area contributed by atoms with Gasteiger partial charge in [0.25, 0.3) is 11.6 Å². The maximum atomic E-state index is 12.7. The molecule has 146 valence electrons. The van der Waals surface area contributed by atoms with E-state index >= 15 is 0 Å². The van der Waals surface area contributed by atoms with Gasteiger partial charge in [0.2, 0.25) is 0 Å². The molecule has 2 aromatic rings. The zero-order chi connectivity index (χ0) is 20.3. The molecule has 1 aliphatic rings. The van der Waals surface area contributed by atoms with Gasteiger partial charge in [-0.05, 0) is 37.5 Å². The quantitative estimate of drug-likeness (QED) is 0.475. The van der Waals surface area contributed by atoms with Gasteiger partial charge in [-0.1, -0.05) is 30.3 Å². The number of nitro benzene ring substituents is 1. The normalized spacial score (nSPS) is 15.3. The SMILES string of the molecule is CC(C(=O)O)C(NC(=O)c1ccc(NC2CC2)c([N+](=O)[O-])c1)c1ccccc1. The fourth-order valence-electron chi connectivity index (χ4n) is 2.92. The molecule has 0 saturated heterocycles. The maximum absolute atomic E-state index is 12.7. The van der Waals surface area contributed by atoms with Gasteiger partial charge in [-0.3, -0.25) is 19.7 Å². The molecule has 0 aliphatic heterocycles. The number of hydrogen-bond donors (Lipinski definition) is 3. The number of anilines is 1. The molecule has 28 heavy (non-hydrogen) atoms. The number of carboxylic acid groups (broad SMARTS) is 1. The van der Waals surface area contributed by atoms with E-state index in [2.05, 4.69) is 10.6 Å². The summed E-state index contributed by atoms with van der Waals surface area (Å²) in [7, 11) is 0. The van der Waals surface area contributed by atoms with Gasteiger partial charge in [-0.25, -0.2) is 0 Å². The lowest BCUT2D eigenvalue weighted by atomic mass is 9.94. The number of hydrogen-bond acceptors (Lipinski definition) is 5. The van der Waals surface area contributed by atoms with Crippen molar-refractivity contribution in [3.8, 4) is 0 Å². The van der Waals surface area contributed by atoms with Crippen LogP contribution in [-0.4, -0.2) is 27.9 Å². The highest BCUT2D eigenvalue weighted by atomic mass is 16.6. The summed E-state index contributed by atoms with van der Waals surface area (Å²) in [6.07, 6.45) is 1.93. The van der Waals surface area contributed by atoms with Crippen molar-refractivity contribution >= 4 is 23.3 Å². The molecule has 0 aromatic heterocycles. The number of carbonyl (C=O) groups is 2. The molecule has 0 heterocycles. The van der Waals surface area contributed by atoms with Crippen LogP contribution >= 0.6 is 0 Å². The lowest BCUT2D eigenvalue weighted by molar-refractivity contribution is -0.384. The molecule has 1 aliphatic carbocycles. The van der Waals surface area contributed by atoms with Crippen LogP contribution in [0.15, 0.2) is 48.5 Å². The molecular formula is C20H21N3O5. The second-order valence-corrected chi connectivity index (χ2v) is 6.90. The van der Waals surface area contributed by atoms with Gasteiger partial charge in [0.1, 0.15) is 5.69 Å². The average molecular weight is 383 g/mol. The summed E-state index contributed by atoms with van der Waals surface area (Å²) in [5.41, 5.74) is 0.948. The molecule has 0 spiro atoms. The highest BCUT2D eigenvalue weighted by molar-refractivity contribution is 5.96. The van der Waals surface area contributed by atoms with Crippen molar-refractivity contribution < 1.29 is 19.6 Å². The minimum atomic E-state index is -1.05. The van der Waals surface area contributed by atoms with E-state index in [1.54, 1.807) is 30.3 Å². The van der Waals surface area contributed by atoms with E-state index < -0.39 is 28.8 Å². The molecule has 2 unspecified atom stereocenters. The zero-order valence-corrected chi connectivity index (χ0v) is 15.3. The van der Waals surface area contributed by atoms with Crippen LogP contribution in [0, 0.1) is 16.0 Å². The Labute approximate surface area is 161 Å². The van der Waals surface area contributed by atoms with Crippen LogP contribution in [0.3, 0.4) is 0 Å². The highest BCUT2D eigenvalue weighted by Gasteiger charge is 2.29. The first-order valence-electron chi connectivity index (χ1n) is 9.00. The number of carbonyl (C=O) groups excluding carboxylic acids is 1. The number of nitro groups is 1. The smallest absolute Gasteiger partial charge is 0.308 e. The monoisotopic (exact) mass is 383 g/mol. The Morgan fingerprint density at radius 1 is 1.18 bits per heavy atom. The molecule has 0 bridgehead atoms. The average Bonchev–Trinajstić information content (AvgIpc) is 3.50. The molecule has 0 radical (unpaired) electrons. The lowest BCUT2D eigenvalue weighted by Gasteiger charge is -2.23. The second kappa shape index (κ2) is 8.08. The van der Waals surface area contributed by atoms with Crippen LogP contribution in [0.4, 0.5) is 11.4 Å². The predicted octanol–water partition coefficient (Wildman–Crippen LogP) is 3.36. The molecular weight excluding hydrogens is 362 g/mol. The number of benzene rings is 2. The third-order valence-electron chi connectivity index (χ3n) is 4.73. The summed E-state index contributed by atoms with van der Waals surface area (Å²) >= 11 is 0. The third kappa shape index (κ3) is 4.46. The Hall–Kier alpha value is -3.42. The second-order valence-electron chi connectivity index (χ2n) is 6.90. The van der Waals surface area contributed by atoms with Crippen molar-refractivity contribution in [2.75, 3.05) is 5.32 Å². The molecule has 3 N–H and O–H groups in total. The van der Waals surface area contributed by atoms with Crippen LogP contribution < -0.4 is 10.6 Å². The fourth-order valence-corrected chi connectivity index (χ4v) is 2.92. The first-order valence-corrected chi connectivity index (χ1v) is 9.00. The van der Waals surface area contributed by atoms with Gasteiger partial charge in [-0.2, -0.15) is 0 Å². The highest BCUT2D eigenvalue weighted by Crippen LogP contribution is 2.32. The Bertz CT molecular complexity index is 896. The van der Waals surface area contributed by atoms with E-state index in [0.29, 0.717) is 11.3 Å². The summed E-state index contributed by atoms with van der Waals surface area (Å²) in [6, 6.07) is 12.5. The molecule has 2 atom stereocenters. The molecule has 1 fully saturated rings. The van der Waals surface area contributed by atoms with Gasteiger partial charge in [0.15, 0.2) is 0 Å². The molecule has 8 nitrogen and oxygen atoms in total. The van der Waals surface area contributed by atoms with Gasteiger partial charge in [0.05, 0.1) is 16.9 Å². The van der Waals surface area contributed by atoms with E-state index in [4.69, 9.17) is 0 Å². The van der Waals surface area contributed by atoms with Gasteiger partial charge in [0, 0.05) is 17.7 Å². The minimum Gasteiger partial charge on any atom is -0.481 e. The summed E-state index contributed by atoms with van der Waals surface area (Å²) in [6.45, 7) is 1.51. The van der Waals surface area contributed by atoms with Crippen LogP contribution in [0.25, 0.3) is 0 Å². The summed E-state index contributed by atoms with van der Waals surface area (Å²) in [5, 5.41) is 26.6. The predicted molar refractivity (Wildman–Crippen MR) is 103 cm³/mol. The number of nitrogens with zero attached hydrogens (tertiary/aromatic N) is 1. The first kappa shape index (κ1) is 19.3. The van der Waals surface area contributed by atoms with Gasteiger partial charge >= 0.3 is 5.97 Å². The van der Waals surface area contributed by atoms with Crippen molar-refractivity contribution in [3.63, 3.8) is 0 Å². The topological polar surface area (TPSA) is 122 Å². The van der Waals surface area contributed by atoms with E-state index in [1.165, 1.54) is 25.1 Å². The minimum absolute atomic E-state index is 0.103. The van der Waals surface area contributed by atoms with Crippen LogP contribution in [-0.2, 0) is 4.79 Å². The number of nitrogens with one attached hydrogen (secondary N) is 2. The molecule has 1 amide bonds. The number of aliphatic carboxylic acids is 1. The van der Waals surface area contributed by atoms with Gasteiger partial charge < -0.3 is 15.7 Å². The summed E-state index contributed by atoms with van der Waals surface area (Å²) in [5.74, 6) is -2.50. The largest absolute Gasteiger partial charge is 0.481 e. The Kier molecular flexibility index (Phi) is 5.58. The van der Waals surface area contributed by atoms with Crippen LogP contribution in [0.1, 0.15) is 41.7 Å². The van der Waals surface area contributed by atoms with E-state index in [0.717, 1.165) is 12.8 Å². The number of carboxylic acids is 1. The summed E-state index contributed by atoms with van der Waals surface area (Å²) in [4.78, 5) is 35.1.